The zero-order valence-electron chi connectivity index (χ0n) is 17.1. The standard InChI is InChI=1S/C21H21F2N5O2S/c1-11-7-12(2)17-15(8-11)25-16(30-17)10-31-20-26-18-14(19(29)27-20)9-24-28(18)13-3-5-21(22,23)6-4-13/h7-9,13H,3-6,10H2,1-2H3,(H,26,27,29). The van der Waals surface area contributed by atoms with Gasteiger partial charge >= 0.3 is 0 Å². The van der Waals surface area contributed by atoms with E-state index in [0.29, 0.717) is 40.7 Å². The number of nitrogens with zero attached hydrogens (tertiary/aromatic N) is 4. The highest BCUT2D eigenvalue weighted by atomic mass is 32.2. The molecule has 10 heteroatoms. The van der Waals surface area contributed by atoms with E-state index in [-0.39, 0.29) is 24.4 Å². The van der Waals surface area contributed by atoms with E-state index in [1.54, 1.807) is 4.68 Å². The van der Waals surface area contributed by atoms with E-state index in [0.717, 1.165) is 22.2 Å². The fraction of sp³-hybridized carbons (Fsp3) is 0.429. The maximum atomic E-state index is 13.5. The van der Waals surface area contributed by atoms with E-state index in [2.05, 4.69) is 20.1 Å². The second kappa shape index (κ2) is 7.44. The molecule has 3 heterocycles. The Morgan fingerprint density at radius 1 is 1.26 bits per heavy atom. The van der Waals surface area contributed by atoms with Crippen molar-refractivity contribution in [3.63, 3.8) is 0 Å². The predicted octanol–water partition coefficient (Wildman–Crippen LogP) is 4.92. The second-order valence-corrected chi connectivity index (χ2v) is 9.08. The lowest BCUT2D eigenvalue weighted by molar-refractivity contribution is -0.0446. The number of nitrogens with one attached hydrogen (secondary N) is 1. The smallest absolute Gasteiger partial charge is 0.262 e. The number of thioether (sulfide) groups is 1. The van der Waals surface area contributed by atoms with Gasteiger partial charge in [-0.15, -0.1) is 0 Å². The van der Waals surface area contributed by atoms with Gasteiger partial charge in [-0.25, -0.2) is 23.4 Å². The first-order valence-corrected chi connectivity index (χ1v) is 11.1. The van der Waals surface area contributed by atoms with Gasteiger partial charge in [0.1, 0.15) is 10.9 Å². The topological polar surface area (TPSA) is 89.6 Å². The normalized spacial score (nSPS) is 17.0. The quantitative estimate of drug-likeness (QED) is 0.354. The first-order chi connectivity index (χ1) is 14.8. The SMILES string of the molecule is Cc1cc(C)c2oc(CSc3nc4c(cnn4C4CCC(F)(F)CC4)c(=O)[nH]3)nc2c1. The van der Waals surface area contributed by atoms with Crippen LogP contribution in [0.2, 0.25) is 0 Å². The molecule has 5 rings (SSSR count). The number of aryl methyl sites for hydroxylation is 2. The van der Waals surface area contributed by atoms with E-state index < -0.39 is 5.92 Å². The van der Waals surface area contributed by atoms with Crippen LogP contribution in [0.4, 0.5) is 8.78 Å². The van der Waals surface area contributed by atoms with E-state index in [1.165, 1.54) is 18.0 Å². The Labute approximate surface area is 180 Å². The first-order valence-electron chi connectivity index (χ1n) is 10.1. The molecule has 0 unspecified atom stereocenters. The summed E-state index contributed by atoms with van der Waals surface area (Å²) in [5.41, 5.74) is 3.81. The van der Waals surface area contributed by atoms with Crippen molar-refractivity contribution in [2.45, 2.75) is 62.4 Å². The number of oxazole rings is 1. The van der Waals surface area contributed by atoms with Gasteiger partial charge in [0.15, 0.2) is 16.4 Å². The van der Waals surface area contributed by atoms with Gasteiger partial charge in [-0.05, 0) is 43.9 Å². The van der Waals surface area contributed by atoms with Gasteiger partial charge in [-0.2, -0.15) is 5.10 Å². The molecule has 0 bridgehead atoms. The largest absolute Gasteiger partial charge is 0.439 e. The Kier molecular flexibility index (Phi) is 4.84. The second-order valence-electron chi connectivity index (χ2n) is 8.11. The molecule has 4 aromatic rings. The molecule has 0 spiro atoms. The lowest BCUT2D eigenvalue weighted by Crippen LogP contribution is -2.27. The number of hydrogen-bond donors (Lipinski definition) is 1. The van der Waals surface area contributed by atoms with Gasteiger partial charge < -0.3 is 9.40 Å². The van der Waals surface area contributed by atoms with E-state index >= 15 is 0 Å². The molecule has 162 valence electrons. The number of alkyl halides is 2. The van der Waals surface area contributed by atoms with E-state index in [1.807, 2.05) is 26.0 Å². The average Bonchev–Trinajstić information content (AvgIpc) is 3.31. The molecular formula is C21H21F2N5O2S. The highest BCUT2D eigenvalue weighted by Gasteiger charge is 2.36. The summed E-state index contributed by atoms with van der Waals surface area (Å²) < 4.78 is 34.6. The fourth-order valence-electron chi connectivity index (χ4n) is 4.14. The number of rotatable bonds is 4. The molecule has 0 atom stereocenters. The third kappa shape index (κ3) is 3.84. The van der Waals surface area contributed by atoms with Crippen molar-refractivity contribution in [2.24, 2.45) is 0 Å². The third-order valence-electron chi connectivity index (χ3n) is 5.67. The van der Waals surface area contributed by atoms with Crippen LogP contribution in [0, 0.1) is 13.8 Å². The number of aromatic amines is 1. The molecule has 7 nitrogen and oxygen atoms in total. The van der Waals surface area contributed by atoms with Gasteiger partial charge in [-0.3, -0.25) is 4.79 Å². The summed E-state index contributed by atoms with van der Waals surface area (Å²) in [6.07, 6.45) is 1.71. The minimum absolute atomic E-state index is 0.180. The summed E-state index contributed by atoms with van der Waals surface area (Å²) in [6.45, 7) is 3.99. The molecule has 1 saturated carbocycles. The highest BCUT2D eigenvalue weighted by Crippen LogP contribution is 2.39. The molecule has 31 heavy (non-hydrogen) atoms. The number of fused-ring (bicyclic) bond motifs is 2. The van der Waals surface area contributed by atoms with E-state index in [9.17, 15) is 13.6 Å². The zero-order valence-corrected chi connectivity index (χ0v) is 17.9. The van der Waals surface area contributed by atoms with Crippen molar-refractivity contribution >= 4 is 33.9 Å². The van der Waals surface area contributed by atoms with Gasteiger partial charge in [0.05, 0.1) is 18.0 Å². The van der Waals surface area contributed by atoms with Crippen LogP contribution in [0.5, 0.6) is 0 Å². The molecule has 0 aliphatic heterocycles. The summed E-state index contributed by atoms with van der Waals surface area (Å²) in [7, 11) is 0. The van der Waals surface area contributed by atoms with Gasteiger partial charge in [0.2, 0.25) is 11.8 Å². The van der Waals surface area contributed by atoms with Crippen LogP contribution in [0.1, 0.15) is 48.7 Å². The summed E-state index contributed by atoms with van der Waals surface area (Å²) >= 11 is 1.30. The van der Waals surface area contributed by atoms with Crippen LogP contribution >= 0.6 is 11.8 Å². The molecule has 0 amide bonds. The summed E-state index contributed by atoms with van der Waals surface area (Å²) in [4.78, 5) is 24.4. The van der Waals surface area contributed by atoms with Gasteiger partial charge in [0, 0.05) is 12.8 Å². The number of aromatic nitrogens is 5. The fourth-order valence-corrected chi connectivity index (χ4v) is 4.84. The molecule has 0 saturated heterocycles. The Morgan fingerprint density at radius 2 is 2.03 bits per heavy atom. The minimum Gasteiger partial charge on any atom is -0.439 e. The van der Waals surface area contributed by atoms with Crippen molar-refractivity contribution in [2.75, 3.05) is 0 Å². The molecule has 0 radical (unpaired) electrons. The number of H-pyrrole nitrogens is 1. The van der Waals surface area contributed by atoms with Crippen molar-refractivity contribution in [1.82, 2.24) is 24.7 Å². The molecule has 1 aliphatic rings. The zero-order chi connectivity index (χ0) is 21.8. The lowest BCUT2D eigenvalue weighted by atomic mass is 9.92. The number of hydrogen-bond acceptors (Lipinski definition) is 6. The van der Waals surface area contributed by atoms with Crippen LogP contribution in [0.25, 0.3) is 22.1 Å². The Morgan fingerprint density at radius 3 is 2.81 bits per heavy atom. The highest BCUT2D eigenvalue weighted by molar-refractivity contribution is 7.98. The molecule has 1 N–H and O–H groups in total. The Balaban J connectivity index is 1.40. The molecule has 3 aromatic heterocycles. The maximum Gasteiger partial charge on any atom is 0.262 e. The molecule has 1 fully saturated rings. The minimum atomic E-state index is -2.62. The van der Waals surface area contributed by atoms with Crippen LogP contribution < -0.4 is 5.56 Å². The first kappa shape index (κ1) is 20.2. The van der Waals surface area contributed by atoms with Crippen LogP contribution in [-0.4, -0.2) is 30.7 Å². The van der Waals surface area contributed by atoms with Gasteiger partial charge in [-0.1, -0.05) is 17.8 Å². The molecule has 1 aliphatic carbocycles. The maximum absolute atomic E-state index is 13.5. The van der Waals surface area contributed by atoms with Gasteiger partial charge in [0.25, 0.3) is 5.56 Å². The lowest BCUT2D eigenvalue weighted by Gasteiger charge is -2.28. The van der Waals surface area contributed by atoms with Crippen molar-refractivity contribution in [3.05, 3.63) is 45.7 Å². The third-order valence-corrected chi connectivity index (χ3v) is 6.53. The summed E-state index contributed by atoms with van der Waals surface area (Å²) in [6, 6.07) is 3.82. The Hall–Kier alpha value is -2.75. The van der Waals surface area contributed by atoms with Crippen LogP contribution in [0.3, 0.4) is 0 Å². The average molecular weight is 445 g/mol. The monoisotopic (exact) mass is 445 g/mol. The van der Waals surface area contributed by atoms with Crippen molar-refractivity contribution in [1.29, 1.82) is 0 Å². The predicted molar refractivity (Wildman–Crippen MR) is 114 cm³/mol. The van der Waals surface area contributed by atoms with E-state index in [4.69, 9.17) is 4.42 Å². The summed E-state index contributed by atoms with van der Waals surface area (Å²) in [5.74, 6) is -1.69. The molecule has 1 aromatic carbocycles. The van der Waals surface area contributed by atoms with Crippen molar-refractivity contribution in [3.8, 4) is 0 Å². The summed E-state index contributed by atoms with van der Waals surface area (Å²) in [5, 5.41) is 5.05. The van der Waals surface area contributed by atoms with Crippen LogP contribution in [-0.2, 0) is 5.75 Å². The number of halogens is 2. The Bertz CT molecular complexity index is 1330. The molecular weight excluding hydrogens is 424 g/mol. The number of benzene rings is 1. The van der Waals surface area contributed by atoms with Crippen LogP contribution in [0.15, 0.2) is 32.7 Å². The van der Waals surface area contributed by atoms with Crippen molar-refractivity contribution < 1.29 is 13.2 Å².